The van der Waals surface area contributed by atoms with E-state index in [2.05, 4.69) is 11.9 Å². The summed E-state index contributed by atoms with van der Waals surface area (Å²) in [5, 5.41) is 0. The summed E-state index contributed by atoms with van der Waals surface area (Å²) in [5.74, 6) is 0.254. The molecule has 0 N–H and O–H groups in total. The maximum Gasteiger partial charge on any atom is 0.279 e. The zero-order valence-corrected chi connectivity index (χ0v) is 20.2. The van der Waals surface area contributed by atoms with Crippen molar-refractivity contribution in [3.8, 4) is 5.75 Å². The molecular weight excluding hydrogens is 448 g/mol. The number of unbranched alkanes of at least 4 members (excludes halogenated alkanes) is 1. The van der Waals surface area contributed by atoms with E-state index in [0.717, 1.165) is 23.1 Å². The Hall–Kier alpha value is -2.49. The van der Waals surface area contributed by atoms with Crippen LogP contribution in [0.5, 0.6) is 5.75 Å². The molecule has 0 atom stereocenters. The standard InChI is InChI=1S/C23H28N2O5S2/c1-4-6-13-30-18-9-7-8-17(15-18)22(26)24-23-25(12-14-29-5-2)20-11-10-19(32(3,27)28)16-21(20)31-23/h7-11,15-16H,4-6,12-14H2,1-3H3. The Kier molecular flexibility index (Phi) is 8.22. The zero-order chi connectivity index (χ0) is 23.1. The lowest BCUT2D eigenvalue weighted by Gasteiger charge is -2.07. The van der Waals surface area contributed by atoms with Crippen LogP contribution in [-0.4, -0.2) is 45.0 Å². The molecule has 0 saturated carbocycles. The molecule has 0 spiro atoms. The van der Waals surface area contributed by atoms with Crippen LogP contribution >= 0.6 is 11.3 Å². The summed E-state index contributed by atoms with van der Waals surface area (Å²) in [4.78, 5) is 18.0. The normalized spacial score (nSPS) is 12.4. The summed E-state index contributed by atoms with van der Waals surface area (Å²) < 4.78 is 37.7. The molecular formula is C23H28N2O5S2. The number of fused-ring (bicyclic) bond motifs is 1. The lowest BCUT2D eigenvalue weighted by Crippen LogP contribution is -2.19. The second-order valence-electron chi connectivity index (χ2n) is 7.28. The van der Waals surface area contributed by atoms with Crippen molar-refractivity contribution in [3.05, 3.63) is 52.8 Å². The van der Waals surface area contributed by atoms with Gasteiger partial charge < -0.3 is 14.0 Å². The van der Waals surface area contributed by atoms with Crippen molar-refractivity contribution in [2.24, 2.45) is 4.99 Å². The van der Waals surface area contributed by atoms with E-state index in [9.17, 15) is 13.2 Å². The minimum Gasteiger partial charge on any atom is -0.494 e. The number of carbonyl (C=O) groups is 1. The first kappa shape index (κ1) is 24.2. The summed E-state index contributed by atoms with van der Waals surface area (Å²) in [6.07, 6.45) is 3.15. The number of thiazole rings is 1. The van der Waals surface area contributed by atoms with Gasteiger partial charge in [-0.1, -0.05) is 30.7 Å². The first-order valence-electron chi connectivity index (χ1n) is 10.6. The highest BCUT2D eigenvalue weighted by Gasteiger charge is 2.14. The topological polar surface area (TPSA) is 87.0 Å². The Morgan fingerprint density at radius 3 is 2.66 bits per heavy atom. The zero-order valence-electron chi connectivity index (χ0n) is 18.5. The third kappa shape index (κ3) is 6.05. The monoisotopic (exact) mass is 476 g/mol. The summed E-state index contributed by atoms with van der Waals surface area (Å²) in [6.45, 7) is 6.14. The largest absolute Gasteiger partial charge is 0.494 e. The molecule has 1 heterocycles. The van der Waals surface area contributed by atoms with E-state index in [1.807, 2.05) is 17.6 Å². The molecule has 0 bridgehead atoms. The molecule has 1 amide bonds. The molecule has 0 aliphatic rings. The number of benzene rings is 2. The number of hydrogen-bond acceptors (Lipinski definition) is 6. The van der Waals surface area contributed by atoms with Gasteiger partial charge in [0.25, 0.3) is 5.91 Å². The predicted octanol–water partition coefficient (Wildman–Crippen LogP) is 4.06. The van der Waals surface area contributed by atoms with E-state index in [1.54, 1.807) is 36.4 Å². The quantitative estimate of drug-likeness (QED) is 0.412. The molecule has 2 aromatic carbocycles. The summed E-state index contributed by atoms with van der Waals surface area (Å²) in [7, 11) is -3.34. The van der Waals surface area contributed by atoms with Gasteiger partial charge in [-0.25, -0.2) is 8.42 Å². The van der Waals surface area contributed by atoms with Gasteiger partial charge in [-0.15, -0.1) is 0 Å². The molecule has 0 aliphatic heterocycles. The van der Waals surface area contributed by atoms with Crippen LogP contribution in [0.3, 0.4) is 0 Å². The lowest BCUT2D eigenvalue weighted by atomic mass is 10.2. The maximum atomic E-state index is 12.9. The van der Waals surface area contributed by atoms with E-state index < -0.39 is 9.84 Å². The first-order valence-corrected chi connectivity index (χ1v) is 13.3. The van der Waals surface area contributed by atoms with E-state index in [-0.39, 0.29) is 10.8 Å². The Balaban J connectivity index is 2.00. The van der Waals surface area contributed by atoms with E-state index in [4.69, 9.17) is 9.47 Å². The van der Waals surface area contributed by atoms with Crippen molar-refractivity contribution in [2.45, 2.75) is 38.1 Å². The van der Waals surface area contributed by atoms with Crippen LogP contribution in [0, 0.1) is 0 Å². The molecule has 3 rings (SSSR count). The van der Waals surface area contributed by atoms with E-state index in [1.165, 1.54) is 17.6 Å². The predicted molar refractivity (Wildman–Crippen MR) is 126 cm³/mol. The van der Waals surface area contributed by atoms with Crippen LogP contribution in [0.25, 0.3) is 10.2 Å². The molecule has 0 saturated heterocycles. The first-order chi connectivity index (χ1) is 15.3. The van der Waals surface area contributed by atoms with Gasteiger partial charge in [0.15, 0.2) is 14.6 Å². The number of ether oxygens (including phenoxy) is 2. The molecule has 1 aromatic heterocycles. The molecule has 0 unspecified atom stereocenters. The highest BCUT2D eigenvalue weighted by Crippen LogP contribution is 2.22. The van der Waals surface area contributed by atoms with E-state index in [0.29, 0.717) is 42.5 Å². The van der Waals surface area contributed by atoms with Gasteiger partial charge in [0, 0.05) is 25.0 Å². The van der Waals surface area contributed by atoms with E-state index >= 15 is 0 Å². The average molecular weight is 477 g/mol. The third-order valence-electron chi connectivity index (χ3n) is 4.79. The Labute approximate surface area is 192 Å². The Morgan fingerprint density at radius 1 is 1.12 bits per heavy atom. The highest BCUT2D eigenvalue weighted by molar-refractivity contribution is 7.90. The molecule has 0 fully saturated rings. The Morgan fingerprint density at radius 2 is 1.94 bits per heavy atom. The SMILES string of the molecule is CCCCOc1cccc(C(=O)N=c2sc3cc(S(C)(=O)=O)ccc3n2CCOCC)c1. The number of carbonyl (C=O) groups excluding carboxylic acids is 1. The second kappa shape index (κ2) is 10.9. The van der Waals surface area contributed by atoms with Crippen LogP contribution in [0.15, 0.2) is 52.4 Å². The molecule has 0 radical (unpaired) electrons. The average Bonchev–Trinajstić information content (AvgIpc) is 3.10. The van der Waals surface area contributed by atoms with Crippen molar-refractivity contribution in [1.82, 2.24) is 4.57 Å². The number of rotatable bonds is 10. The molecule has 3 aromatic rings. The molecule has 32 heavy (non-hydrogen) atoms. The van der Waals surface area contributed by atoms with Crippen molar-refractivity contribution in [3.63, 3.8) is 0 Å². The minimum atomic E-state index is -3.34. The van der Waals surface area contributed by atoms with Crippen LogP contribution < -0.4 is 9.54 Å². The number of aromatic nitrogens is 1. The number of hydrogen-bond donors (Lipinski definition) is 0. The number of amides is 1. The lowest BCUT2D eigenvalue weighted by molar-refractivity contribution is 0.0996. The summed E-state index contributed by atoms with van der Waals surface area (Å²) >= 11 is 1.28. The van der Waals surface area contributed by atoms with Crippen molar-refractivity contribution in [1.29, 1.82) is 0 Å². The van der Waals surface area contributed by atoms with Crippen LogP contribution in [0.4, 0.5) is 0 Å². The minimum absolute atomic E-state index is 0.234. The smallest absolute Gasteiger partial charge is 0.279 e. The fourth-order valence-corrected chi connectivity index (χ4v) is 4.91. The van der Waals surface area contributed by atoms with Gasteiger partial charge in [-0.3, -0.25) is 4.79 Å². The van der Waals surface area contributed by atoms with Crippen molar-refractivity contribution >= 4 is 37.3 Å². The van der Waals surface area contributed by atoms with Gasteiger partial charge in [0.2, 0.25) is 0 Å². The summed E-state index contributed by atoms with van der Waals surface area (Å²) in [6, 6.07) is 11.9. The third-order valence-corrected chi connectivity index (χ3v) is 6.94. The fraction of sp³-hybridized carbons (Fsp3) is 0.391. The summed E-state index contributed by atoms with van der Waals surface area (Å²) in [5.41, 5.74) is 1.25. The van der Waals surface area contributed by atoms with Crippen molar-refractivity contribution < 1.29 is 22.7 Å². The van der Waals surface area contributed by atoms with Gasteiger partial charge in [0.1, 0.15) is 5.75 Å². The van der Waals surface area contributed by atoms with Crippen molar-refractivity contribution in [2.75, 3.05) is 26.1 Å². The van der Waals surface area contributed by atoms with Gasteiger partial charge in [0.05, 0.1) is 28.3 Å². The fourth-order valence-electron chi connectivity index (χ4n) is 3.09. The molecule has 0 aliphatic carbocycles. The highest BCUT2D eigenvalue weighted by atomic mass is 32.2. The second-order valence-corrected chi connectivity index (χ2v) is 10.3. The van der Waals surface area contributed by atoms with Gasteiger partial charge >= 0.3 is 0 Å². The molecule has 172 valence electrons. The maximum absolute atomic E-state index is 12.9. The number of nitrogens with zero attached hydrogens (tertiary/aromatic N) is 2. The van der Waals surface area contributed by atoms with Crippen LogP contribution in [0.1, 0.15) is 37.0 Å². The molecule has 7 nitrogen and oxygen atoms in total. The Bertz CT molecular complexity index is 1260. The molecule has 9 heteroatoms. The van der Waals surface area contributed by atoms with Gasteiger partial charge in [-0.05, 0) is 49.7 Å². The van der Waals surface area contributed by atoms with Crippen LogP contribution in [0.2, 0.25) is 0 Å². The van der Waals surface area contributed by atoms with Gasteiger partial charge in [-0.2, -0.15) is 4.99 Å². The van der Waals surface area contributed by atoms with Crippen LogP contribution in [-0.2, 0) is 21.1 Å². The number of sulfone groups is 1.